The van der Waals surface area contributed by atoms with Crippen molar-refractivity contribution in [3.05, 3.63) is 124 Å². The molecule has 0 amide bonds. The zero-order valence-electron chi connectivity index (χ0n) is 25.2. The van der Waals surface area contributed by atoms with E-state index in [-0.39, 0.29) is 42.1 Å². The van der Waals surface area contributed by atoms with E-state index in [0.29, 0.717) is 11.8 Å². The van der Waals surface area contributed by atoms with E-state index < -0.39 is 0 Å². The van der Waals surface area contributed by atoms with Gasteiger partial charge < -0.3 is 56.2 Å². The third kappa shape index (κ3) is 5.08. The summed E-state index contributed by atoms with van der Waals surface area (Å²) in [6, 6.07) is 12.2. The molecule has 0 radical (unpaired) electrons. The van der Waals surface area contributed by atoms with Gasteiger partial charge in [-0.05, 0) is 21.5 Å². The van der Waals surface area contributed by atoms with Crippen LogP contribution in [-0.4, -0.2) is 28.2 Å². The van der Waals surface area contributed by atoms with Gasteiger partial charge in [0, 0.05) is 90.9 Å². The van der Waals surface area contributed by atoms with Crippen molar-refractivity contribution in [3.8, 4) is 23.1 Å². The Bertz CT molecular complexity index is 2450. The van der Waals surface area contributed by atoms with Crippen molar-refractivity contribution in [1.82, 2.24) is 38.2 Å². The number of hydrogen-bond acceptors (Lipinski definition) is 4. The van der Waals surface area contributed by atoms with Gasteiger partial charge in [0.05, 0.1) is 26.6 Å². The molecule has 48 heavy (non-hydrogen) atoms. The molecule has 8 aromatic heterocycles. The maximum atomic E-state index is 5.67. The number of imidazole rings is 4. The van der Waals surface area contributed by atoms with E-state index in [4.69, 9.17) is 18.8 Å². The Morgan fingerprint density at radius 2 is 1.04 bits per heavy atom. The van der Waals surface area contributed by atoms with Gasteiger partial charge in [0.25, 0.3) is 0 Å². The molecule has 8 heterocycles. The molecule has 0 atom stereocenters. The summed E-state index contributed by atoms with van der Waals surface area (Å²) in [5.74, 6) is 1.25. The molecular formula is C34H22N10O2Pt2-4. The molecule has 244 valence electrons. The first kappa shape index (κ1) is 31.4. The average molecular weight is 993 g/mol. The number of furan rings is 2. The first-order chi connectivity index (χ1) is 22.6. The van der Waals surface area contributed by atoms with E-state index >= 15 is 0 Å². The maximum absolute atomic E-state index is 5.67. The predicted octanol–water partition coefficient (Wildman–Crippen LogP) is 3.88. The van der Waals surface area contributed by atoms with Crippen LogP contribution in [0.2, 0.25) is 0 Å². The minimum Gasteiger partial charge on any atom is -0.665 e. The molecule has 0 saturated carbocycles. The summed E-state index contributed by atoms with van der Waals surface area (Å²) in [7, 11) is 3.88. The fourth-order valence-electron chi connectivity index (χ4n) is 5.73. The van der Waals surface area contributed by atoms with Crippen molar-refractivity contribution in [3.63, 3.8) is 0 Å². The van der Waals surface area contributed by atoms with Crippen LogP contribution in [0.25, 0.3) is 66.8 Å². The SMILES string of the molecule is C[n+]1[c-]n(-c2cccc3c2[n-]c2c(-n4[c-]ncc4)occ23)cc1.C[n+]1[c-]n(-c2cccc3c2[n-]c2c(-n4[c-]ncc4)occ23)cc1.[Pt].[Pt]. The van der Waals surface area contributed by atoms with Crippen molar-refractivity contribution in [2.75, 3.05) is 0 Å². The summed E-state index contributed by atoms with van der Waals surface area (Å²) < 4.78 is 22.4. The van der Waals surface area contributed by atoms with Gasteiger partial charge in [-0.15, -0.1) is 22.1 Å². The molecule has 0 spiro atoms. The van der Waals surface area contributed by atoms with Gasteiger partial charge in [-0.3, -0.25) is 0 Å². The summed E-state index contributed by atoms with van der Waals surface area (Å²) in [6.45, 7) is 0. The van der Waals surface area contributed by atoms with Crippen LogP contribution in [-0.2, 0) is 56.2 Å². The quantitative estimate of drug-likeness (QED) is 0.196. The van der Waals surface area contributed by atoms with E-state index in [0.717, 1.165) is 55.0 Å². The Kier molecular flexibility index (Phi) is 8.15. The summed E-state index contributed by atoms with van der Waals surface area (Å²) in [4.78, 5) is 17.5. The molecule has 0 aliphatic carbocycles. The molecule has 0 bridgehead atoms. The second-order valence-corrected chi connectivity index (χ2v) is 10.7. The van der Waals surface area contributed by atoms with E-state index in [1.807, 2.05) is 81.4 Å². The zero-order chi connectivity index (χ0) is 30.8. The Balaban J connectivity index is 0.000000146. The molecule has 14 heteroatoms. The molecule has 0 fully saturated rings. The minimum atomic E-state index is 0. The minimum absolute atomic E-state index is 0. The average Bonchev–Trinajstić information content (AvgIpc) is 3.88. The molecule has 0 saturated heterocycles. The number of hydrogen-bond donors (Lipinski definition) is 0. The van der Waals surface area contributed by atoms with Crippen LogP contribution in [0.3, 0.4) is 0 Å². The molecule has 0 aliphatic heterocycles. The largest absolute Gasteiger partial charge is 0.665 e. The second kappa shape index (κ2) is 12.4. The normalized spacial score (nSPS) is 11.2. The summed E-state index contributed by atoms with van der Waals surface area (Å²) in [6.07, 6.45) is 30.3. The second-order valence-electron chi connectivity index (χ2n) is 10.7. The van der Waals surface area contributed by atoms with Crippen LogP contribution in [0.5, 0.6) is 0 Å². The van der Waals surface area contributed by atoms with Crippen LogP contribution < -0.4 is 19.1 Å². The predicted molar refractivity (Wildman–Crippen MR) is 165 cm³/mol. The van der Waals surface area contributed by atoms with Crippen molar-refractivity contribution < 1.29 is 60.1 Å². The zero-order valence-corrected chi connectivity index (χ0v) is 29.7. The molecule has 10 rings (SSSR count). The number of benzene rings is 2. The van der Waals surface area contributed by atoms with E-state index in [2.05, 4.69) is 47.4 Å². The van der Waals surface area contributed by atoms with E-state index in [1.165, 1.54) is 0 Å². The van der Waals surface area contributed by atoms with Crippen LogP contribution in [0.4, 0.5) is 0 Å². The first-order valence-electron chi connectivity index (χ1n) is 14.3. The first-order valence-corrected chi connectivity index (χ1v) is 14.3. The summed E-state index contributed by atoms with van der Waals surface area (Å²) >= 11 is 0. The van der Waals surface area contributed by atoms with Crippen LogP contribution in [0.1, 0.15) is 0 Å². The van der Waals surface area contributed by atoms with Gasteiger partial charge in [0.15, 0.2) is 0 Å². The number of rotatable bonds is 4. The van der Waals surface area contributed by atoms with Crippen molar-refractivity contribution in [2.45, 2.75) is 0 Å². The third-order valence-corrected chi connectivity index (χ3v) is 7.83. The topological polar surface area (TPSA) is 108 Å². The third-order valence-electron chi connectivity index (χ3n) is 7.83. The van der Waals surface area contributed by atoms with Crippen molar-refractivity contribution in [1.29, 1.82) is 0 Å². The maximum Gasteiger partial charge on any atom is 0.243 e. The van der Waals surface area contributed by atoms with Crippen molar-refractivity contribution in [2.24, 2.45) is 14.1 Å². The molecule has 2 aromatic carbocycles. The Morgan fingerprint density at radius 1 is 0.583 bits per heavy atom. The smallest absolute Gasteiger partial charge is 0.243 e. The molecule has 10 aromatic rings. The van der Waals surface area contributed by atoms with Crippen LogP contribution in [0.15, 0.2) is 107 Å². The molecular weight excluding hydrogens is 971 g/mol. The van der Waals surface area contributed by atoms with Gasteiger partial charge in [0.2, 0.25) is 12.7 Å². The summed E-state index contributed by atoms with van der Waals surface area (Å²) in [5.41, 5.74) is 5.42. The van der Waals surface area contributed by atoms with E-state index in [1.54, 1.807) is 46.4 Å². The summed E-state index contributed by atoms with van der Waals surface area (Å²) in [5, 5.41) is 4.07. The number of aryl methyl sites for hydroxylation is 2. The fraction of sp³-hybridized carbons (Fsp3) is 0.0588. The molecule has 12 nitrogen and oxygen atoms in total. The molecule has 0 unspecified atom stereocenters. The molecule has 0 aliphatic rings. The fourth-order valence-corrected chi connectivity index (χ4v) is 5.73. The van der Waals surface area contributed by atoms with Gasteiger partial charge in [-0.2, -0.15) is 0 Å². The monoisotopic (exact) mass is 992 g/mol. The van der Waals surface area contributed by atoms with Crippen LogP contribution in [0, 0.1) is 25.3 Å². The van der Waals surface area contributed by atoms with E-state index in [9.17, 15) is 0 Å². The Morgan fingerprint density at radius 3 is 1.42 bits per heavy atom. The Hall–Kier alpha value is -5.18. The standard InChI is InChI=1S/2C17H11N5O.2Pt/c2*1-20-7-8-22(11-20)14-4-2-3-12-13-9-23-17(16(13)19-15(12)14)21-6-5-18-10-21;;/h2*2-9H,1H3;;/q2*-2;;. The number of nitrogens with zero attached hydrogens (tertiary/aromatic N) is 10. The van der Waals surface area contributed by atoms with Gasteiger partial charge in [-0.1, -0.05) is 61.2 Å². The molecule has 0 N–H and O–H groups in total. The van der Waals surface area contributed by atoms with Gasteiger partial charge >= 0.3 is 0 Å². The van der Waals surface area contributed by atoms with Gasteiger partial charge in [-0.25, -0.2) is 0 Å². The van der Waals surface area contributed by atoms with Crippen LogP contribution >= 0.6 is 0 Å². The number of fused-ring (bicyclic) bond motifs is 6. The Labute approximate surface area is 301 Å². The number of aromatic nitrogens is 10. The van der Waals surface area contributed by atoms with Gasteiger partial charge in [0.1, 0.15) is 11.8 Å². The number of para-hydroxylation sites is 2. The van der Waals surface area contributed by atoms with Crippen molar-refractivity contribution >= 4 is 43.6 Å².